The van der Waals surface area contributed by atoms with Crippen molar-refractivity contribution in [2.75, 3.05) is 19.1 Å². The van der Waals surface area contributed by atoms with Crippen LogP contribution in [0.15, 0.2) is 41.3 Å². The molecule has 2 aromatic carbocycles. The highest BCUT2D eigenvalue weighted by Crippen LogP contribution is 2.38. The molecule has 0 atom stereocenters. The van der Waals surface area contributed by atoms with E-state index < -0.39 is 29.0 Å². The van der Waals surface area contributed by atoms with Crippen LogP contribution in [0.5, 0.6) is 11.5 Å². The van der Waals surface area contributed by atoms with E-state index in [0.29, 0.717) is 17.1 Å². The smallest absolute Gasteiger partial charge is 0.270 e. The molecular formula is C20H13NO7S2-2. The van der Waals surface area contributed by atoms with Crippen LogP contribution in [0.2, 0.25) is 0 Å². The number of carbonyl (C=O) groups excluding carboxylic acids is 3. The molecule has 0 spiro atoms. The average molecular weight is 443 g/mol. The molecule has 0 N–H and O–H groups in total. The molecular weight excluding hydrogens is 430 g/mol. The van der Waals surface area contributed by atoms with E-state index in [9.17, 15) is 24.6 Å². The van der Waals surface area contributed by atoms with E-state index in [2.05, 4.69) is 0 Å². The van der Waals surface area contributed by atoms with Crippen molar-refractivity contribution in [3.8, 4) is 11.5 Å². The van der Waals surface area contributed by atoms with E-state index in [1.54, 1.807) is 24.3 Å². The molecule has 30 heavy (non-hydrogen) atoms. The molecule has 0 aromatic heterocycles. The van der Waals surface area contributed by atoms with Crippen molar-refractivity contribution in [3.63, 3.8) is 0 Å². The van der Waals surface area contributed by atoms with Gasteiger partial charge in [0.1, 0.15) is 11.5 Å². The number of thioether (sulfide) groups is 1. The predicted octanol–water partition coefficient (Wildman–Crippen LogP) is 0.837. The van der Waals surface area contributed by atoms with Crippen molar-refractivity contribution in [2.24, 2.45) is 0 Å². The highest BCUT2D eigenvalue weighted by Gasteiger charge is 2.34. The van der Waals surface area contributed by atoms with Crippen LogP contribution < -0.4 is 24.6 Å². The quantitative estimate of drug-likeness (QED) is 0.472. The lowest BCUT2D eigenvalue weighted by atomic mass is 10.1. The molecule has 1 aliphatic heterocycles. The molecule has 10 heteroatoms. The third-order valence-electron chi connectivity index (χ3n) is 4.16. The number of hydrogen-bond acceptors (Lipinski definition) is 9. The van der Waals surface area contributed by atoms with Crippen molar-refractivity contribution in [2.45, 2.75) is 0 Å². The van der Waals surface area contributed by atoms with E-state index >= 15 is 0 Å². The van der Waals surface area contributed by atoms with Crippen LogP contribution in [0.4, 0.5) is 5.69 Å². The number of hydrogen-bond donors (Lipinski definition) is 0. The molecule has 0 saturated carbocycles. The second-order valence-corrected chi connectivity index (χ2v) is 7.64. The third-order valence-corrected chi connectivity index (χ3v) is 5.47. The maximum atomic E-state index is 13.0. The Labute approximate surface area is 180 Å². The topological polar surface area (TPSA) is 119 Å². The van der Waals surface area contributed by atoms with Crippen LogP contribution in [0.1, 0.15) is 26.3 Å². The van der Waals surface area contributed by atoms with Crippen molar-refractivity contribution >= 4 is 57.9 Å². The van der Waals surface area contributed by atoms with Gasteiger partial charge in [0.2, 0.25) is 0 Å². The van der Waals surface area contributed by atoms with Crippen LogP contribution in [0, 0.1) is 0 Å². The highest BCUT2D eigenvalue weighted by molar-refractivity contribution is 8.27. The fourth-order valence-corrected chi connectivity index (χ4v) is 4.05. The zero-order valence-corrected chi connectivity index (χ0v) is 17.3. The van der Waals surface area contributed by atoms with Gasteiger partial charge in [0.25, 0.3) is 5.91 Å². The summed E-state index contributed by atoms with van der Waals surface area (Å²) < 4.78 is 10.6. The Kier molecular flexibility index (Phi) is 6.09. The van der Waals surface area contributed by atoms with E-state index in [-0.39, 0.29) is 14.9 Å². The second kappa shape index (κ2) is 8.56. The Morgan fingerprint density at radius 2 is 1.67 bits per heavy atom. The molecule has 1 saturated heterocycles. The van der Waals surface area contributed by atoms with Crippen molar-refractivity contribution in [1.29, 1.82) is 0 Å². The monoisotopic (exact) mass is 443 g/mol. The summed E-state index contributed by atoms with van der Waals surface area (Å²) in [5.74, 6) is -2.69. The molecule has 1 aliphatic rings. The summed E-state index contributed by atoms with van der Waals surface area (Å²) in [4.78, 5) is 36.8. The first-order chi connectivity index (χ1) is 14.2. The van der Waals surface area contributed by atoms with Gasteiger partial charge in [-0.1, -0.05) is 24.0 Å². The average Bonchev–Trinajstić information content (AvgIpc) is 3.00. The van der Waals surface area contributed by atoms with Crippen molar-refractivity contribution in [1.82, 2.24) is 0 Å². The van der Waals surface area contributed by atoms with Gasteiger partial charge in [-0.3, -0.25) is 9.69 Å². The summed E-state index contributed by atoms with van der Waals surface area (Å²) in [6.45, 7) is 0. The normalized spacial score (nSPS) is 14.9. The summed E-state index contributed by atoms with van der Waals surface area (Å²) in [7, 11) is 2.99. The minimum Gasteiger partial charge on any atom is -0.545 e. The van der Waals surface area contributed by atoms with E-state index in [1.165, 1.54) is 14.2 Å². The number of anilines is 1. The lowest BCUT2D eigenvalue weighted by molar-refractivity contribution is -0.255. The predicted molar refractivity (Wildman–Crippen MR) is 110 cm³/mol. The number of nitrogens with zero attached hydrogens (tertiary/aromatic N) is 1. The first-order valence-corrected chi connectivity index (χ1v) is 9.55. The van der Waals surface area contributed by atoms with Crippen molar-refractivity contribution in [3.05, 3.63) is 58.0 Å². The number of ether oxygens (including phenoxy) is 2. The number of carboxylic acid groups (broad SMARTS) is 2. The van der Waals surface area contributed by atoms with Crippen LogP contribution >= 0.6 is 24.0 Å². The van der Waals surface area contributed by atoms with Crippen molar-refractivity contribution < 1.29 is 34.1 Å². The first-order valence-electron chi connectivity index (χ1n) is 8.33. The summed E-state index contributed by atoms with van der Waals surface area (Å²) in [5, 5.41) is 22.5. The lowest BCUT2D eigenvalue weighted by Crippen LogP contribution is -2.30. The molecule has 1 fully saturated rings. The number of carboxylic acids is 2. The van der Waals surface area contributed by atoms with Gasteiger partial charge < -0.3 is 29.3 Å². The minimum atomic E-state index is -1.60. The number of amides is 1. The Hall–Kier alpha value is -3.37. The summed E-state index contributed by atoms with van der Waals surface area (Å²) in [6, 6.07) is 8.18. The van der Waals surface area contributed by atoms with Crippen LogP contribution in [0.3, 0.4) is 0 Å². The Morgan fingerprint density at radius 3 is 2.20 bits per heavy atom. The molecule has 0 radical (unpaired) electrons. The fourth-order valence-electron chi connectivity index (χ4n) is 2.76. The van der Waals surface area contributed by atoms with Gasteiger partial charge in [-0.05, 0) is 53.6 Å². The molecule has 8 nitrogen and oxygen atoms in total. The number of rotatable bonds is 6. The van der Waals surface area contributed by atoms with Crippen LogP contribution in [0.25, 0.3) is 6.08 Å². The summed E-state index contributed by atoms with van der Waals surface area (Å²) in [6.07, 6.45) is 1.56. The third kappa shape index (κ3) is 4.14. The minimum absolute atomic E-state index is 0.0144. The Bertz CT molecular complexity index is 1080. The van der Waals surface area contributed by atoms with Gasteiger partial charge in [-0.15, -0.1) is 0 Å². The van der Waals surface area contributed by atoms with E-state index in [4.69, 9.17) is 21.7 Å². The van der Waals surface area contributed by atoms with E-state index in [1.807, 2.05) is 0 Å². The first kappa shape index (κ1) is 21.3. The molecule has 0 unspecified atom stereocenters. The van der Waals surface area contributed by atoms with E-state index in [0.717, 1.165) is 34.9 Å². The number of aromatic carboxylic acids is 2. The molecule has 0 aliphatic carbocycles. The molecule has 3 rings (SSSR count). The molecule has 0 bridgehead atoms. The van der Waals surface area contributed by atoms with Gasteiger partial charge >= 0.3 is 0 Å². The molecule has 2 aromatic rings. The zero-order chi connectivity index (χ0) is 22.0. The molecule has 1 heterocycles. The number of benzene rings is 2. The number of thiocarbonyl (C=S) groups is 1. The zero-order valence-electron chi connectivity index (χ0n) is 15.7. The standard InChI is InChI=1S/C20H15NO7S2/c1-27-14-3-4-15(28-2)10(8-14)9-16-17(22)21(20(29)30-16)13-6-11(18(23)24)5-12(7-13)19(25)26/h3-9H,1-2H3,(H,23,24)(H,25,26)/p-2/b16-9+. The van der Waals surface area contributed by atoms with Gasteiger partial charge in [0.05, 0.1) is 36.8 Å². The summed E-state index contributed by atoms with van der Waals surface area (Å²) in [5.41, 5.74) is -0.283. The highest BCUT2D eigenvalue weighted by atomic mass is 32.2. The lowest BCUT2D eigenvalue weighted by Gasteiger charge is -2.18. The SMILES string of the molecule is COc1ccc(OC)c(/C=C2/SC(=S)N(c3cc(C(=O)[O-])cc(C(=O)[O-])c3)C2=O)c1. The van der Waals surface area contributed by atoms with Gasteiger partial charge in [-0.2, -0.15) is 0 Å². The van der Waals surface area contributed by atoms with Gasteiger partial charge in [-0.25, -0.2) is 0 Å². The summed E-state index contributed by atoms with van der Waals surface area (Å²) >= 11 is 6.24. The molecule has 1 amide bonds. The number of carbonyl (C=O) groups is 3. The maximum absolute atomic E-state index is 13.0. The Morgan fingerprint density at radius 1 is 1.03 bits per heavy atom. The van der Waals surface area contributed by atoms with Gasteiger partial charge in [0.15, 0.2) is 4.32 Å². The van der Waals surface area contributed by atoms with Crippen LogP contribution in [-0.2, 0) is 4.79 Å². The molecule has 154 valence electrons. The largest absolute Gasteiger partial charge is 0.545 e. The Balaban J connectivity index is 2.05. The fraction of sp³-hybridized carbons (Fsp3) is 0.100. The van der Waals surface area contributed by atoms with Crippen LogP contribution in [-0.4, -0.2) is 36.4 Å². The van der Waals surface area contributed by atoms with Gasteiger partial charge in [0, 0.05) is 5.56 Å². The second-order valence-electron chi connectivity index (χ2n) is 5.97. The number of methoxy groups -OCH3 is 2. The maximum Gasteiger partial charge on any atom is 0.270 e.